The topological polar surface area (TPSA) is 67.4 Å². The number of carbonyl (C=O) groups excluding carboxylic acids is 2. The van der Waals surface area contributed by atoms with Crippen LogP contribution in [0.2, 0.25) is 0 Å². The van der Waals surface area contributed by atoms with Crippen molar-refractivity contribution >= 4 is 11.8 Å². The van der Waals surface area contributed by atoms with Gasteiger partial charge in [0.15, 0.2) is 13.2 Å². The standard InChI is InChI=1S/C30H53N3O3.ClH/c1-4-5-6-7-8-9-10-11-12-13-14-15-16-20-23-31-29(34)26-33(2,3)25-24-32-30(35)27-36-28-21-18-17-19-22-28;/h17-19,21-22H,4-16,20,23-27H2,1-3H3,(H-,31,32,34,35);1H. The fourth-order valence-electron chi connectivity index (χ4n) is 4.29. The number of quaternary nitrogens is 1. The number of nitrogens with one attached hydrogen (secondary N) is 2. The van der Waals surface area contributed by atoms with E-state index in [1.165, 1.54) is 83.5 Å². The fourth-order valence-corrected chi connectivity index (χ4v) is 4.29. The summed E-state index contributed by atoms with van der Waals surface area (Å²) in [6.07, 6.45) is 18.7. The Kier molecular flexibility index (Phi) is 22.2. The van der Waals surface area contributed by atoms with Gasteiger partial charge in [-0.2, -0.15) is 0 Å². The lowest BCUT2D eigenvalue weighted by atomic mass is 10.0. The molecule has 6 nitrogen and oxygen atoms in total. The first kappa shape index (κ1) is 35.2. The highest BCUT2D eigenvalue weighted by molar-refractivity contribution is 5.77. The smallest absolute Gasteiger partial charge is 0.275 e. The summed E-state index contributed by atoms with van der Waals surface area (Å²) in [5, 5.41) is 5.93. The van der Waals surface area contributed by atoms with Crippen molar-refractivity contribution < 1.29 is 31.2 Å². The number of unbranched alkanes of at least 4 members (excludes halogenated alkanes) is 13. The first-order valence-corrected chi connectivity index (χ1v) is 14.5. The Hall–Kier alpha value is -1.79. The molecule has 0 atom stereocenters. The third-order valence-corrected chi connectivity index (χ3v) is 6.58. The highest BCUT2D eigenvalue weighted by Crippen LogP contribution is 2.13. The molecule has 37 heavy (non-hydrogen) atoms. The minimum atomic E-state index is -0.152. The predicted molar refractivity (Wildman–Crippen MR) is 150 cm³/mol. The largest absolute Gasteiger partial charge is 1.00 e. The molecular formula is C30H54ClN3O3. The number of nitrogens with zero attached hydrogens (tertiary/aromatic N) is 1. The van der Waals surface area contributed by atoms with E-state index in [0.717, 1.165) is 13.0 Å². The van der Waals surface area contributed by atoms with Gasteiger partial charge in [0.05, 0.1) is 27.2 Å². The van der Waals surface area contributed by atoms with Gasteiger partial charge in [-0.25, -0.2) is 0 Å². The Morgan fingerprint density at radius 1 is 0.703 bits per heavy atom. The molecule has 0 fully saturated rings. The van der Waals surface area contributed by atoms with Crippen molar-refractivity contribution in [1.29, 1.82) is 0 Å². The van der Waals surface area contributed by atoms with Gasteiger partial charge in [-0.1, -0.05) is 109 Å². The van der Waals surface area contributed by atoms with Crippen molar-refractivity contribution in [2.45, 2.75) is 96.8 Å². The van der Waals surface area contributed by atoms with Gasteiger partial charge in [0.1, 0.15) is 5.75 Å². The van der Waals surface area contributed by atoms with Crippen molar-refractivity contribution in [3.63, 3.8) is 0 Å². The summed E-state index contributed by atoms with van der Waals surface area (Å²) in [4.78, 5) is 24.3. The molecule has 0 aliphatic rings. The molecular weight excluding hydrogens is 486 g/mol. The molecule has 1 rings (SSSR count). The van der Waals surface area contributed by atoms with Crippen LogP contribution >= 0.6 is 0 Å². The minimum Gasteiger partial charge on any atom is -1.00 e. The highest BCUT2D eigenvalue weighted by atomic mass is 35.5. The van der Waals surface area contributed by atoms with E-state index in [-0.39, 0.29) is 30.8 Å². The second-order valence-corrected chi connectivity index (χ2v) is 10.7. The van der Waals surface area contributed by atoms with Crippen LogP contribution in [-0.4, -0.2) is 63.2 Å². The lowest BCUT2D eigenvalue weighted by Gasteiger charge is -2.29. The Labute approximate surface area is 233 Å². The summed E-state index contributed by atoms with van der Waals surface area (Å²) in [5.41, 5.74) is 0. The molecule has 214 valence electrons. The molecule has 2 amide bonds. The van der Waals surface area contributed by atoms with E-state index in [9.17, 15) is 9.59 Å². The second kappa shape index (κ2) is 23.3. The Bertz CT molecular complexity index is 686. The lowest BCUT2D eigenvalue weighted by molar-refractivity contribution is -0.881. The zero-order valence-electron chi connectivity index (χ0n) is 23.9. The van der Waals surface area contributed by atoms with Crippen LogP contribution in [0.1, 0.15) is 96.8 Å². The average Bonchev–Trinajstić information content (AvgIpc) is 2.85. The van der Waals surface area contributed by atoms with E-state index in [4.69, 9.17) is 4.74 Å². The number of hydrogen-bond acceptors (Lipinski definition) is 3. The van der Waals surface area contributed by atoms with Gasteiger partial charge < -0.3 is 32.3 Å². The molecule has 0 saturated heterocycles. The molecule has 1 aromatic rings. The zero-order valence-corrected chi connectivity index (χ0v) is 24.6. The van der Waals surface area contributed by atoms with Gasteiger partial charge in [-0.05, 0) is 18.6 Å². The maximum absolute atomic E-state index is 12.3. The summed E-state index contributed by atoms with van der Waals surface area (Å²) in [5.74, 6) is 0.605. The van der Waals surface area contributed by atoms with Crippen LogP contribution in [0.15, 0.2) is 30.3 Å². The summed E-state index contributed by atoms with van der Waals surface area (Å²) in [6, 6.07) is 9.30. The summed E-state index contributed by atoms with van der Waals surface area (Å²) >= 11 is 0. The third-order valence-electron chi connectivity index (χ3n) is 6.58. The molecule has 0 unspecified atom stereocenters. The van der Waals surface area contributed by atoms with Crippen LogP contribution in [0, 0.1) is 0 Å². The monoisotopic (exact) mass is 539 g/mol. The van der Waals surface area contributed by atoms with Crippen LogP contribution in [-0.2, 0) is 9.59 Å². The molecule has 0 aromatic heterocycles. The number of rotatable bonds is 23. The van der Waals surface area contributed by atoms with Crippen LogP contribution in [0.4, 0.5) is 0 Å². The molecule has 7 heteroatoms. The Morgan fingerprint density at radius 3 is 1.73 bits per heavy atom. The summed E-state index contributed by atoms with van der Waals surface area (Å²) in [6.45, 7) is 4.63. The highest BCUT2D eigenvalue weighted by Gasteiger charge is 2.19. The van der Waals surface area contributed by atoms with Gasteiger partial charge >= 0.3 is 0 Å². The van der Waals surface area contributed by atoms with E-state index in [1.54, 1.807) is 0 Å². The van der Waals surface area contributed by atoms with Crippen LogP contribution in [0.3, 0.4) is 0 Å². The molecule has 0 saturated carbocycles. The van der Waals surface area contributed by atoms with Gasteiger partial charge in [0.25, 0.3) is 11.8 Å². The van der Waals surface area contributed by atoms with Gasteiger partial charge in [0, 0.05) is 6.54 Å². The number of hydrogen-bond donors (Lipinski definition) is 2. The number of amides is 2. The Balaban J connectivity index is 0.0000130. The van der Waals surface area contributed by atoms with Gasteiger partial charge in [0.2, 0.25) is 0 Å². The second-order valence-electron chi connectivity index (χ2n) is 10.7. The first-order valence-electron chi connectivity index (χ1n) is 14.5. The molecule has 0 spiro atoms. The SMILES string of the molecule is CCCCCCCCCCCCCCCCNC(=O)C[N+](C)(C)CCNC(=O)COc1ccccc1.[Cl-]. The molecule has 0 bridgehead atoms. The number of halogens is 1. The quantitative estimate of drug-likeness (QED) is 0.166. The lowest BCUT2D eigenvalue weighted by Crippen LogP contribution is -3.00. The molecule has 0 aliphatic heterocycles. The number of para-hydroxylation sites is 1. The van der Waals surface area contributed by atoms with Crippen LogP contribution in [0.5, 0.6) is 5.75 Å². The first-order chi connectivity index (χ1) is 17.4. The van der Waals surface area contributed by atoms with Crippen molar-refractivity contribution in [3.8, 4) is 5.75 Å². The van der Waals surface area contributed by atoms with Crippen molar-refractivity contribution in [1.82, 2.24) is 10.6 Å². The number of carbonyl (C=O) groups is 2. The van der Waals surface area contributed by atoms with E-state index in [1.807, 2.05) is 44.4 Å². The van der Waals surface area contributed by atoms with E-state index in [2.05, 4.69) is 17.6 Å². The Morgan fingerprint density at radius 2 is 1.19 bits per heavy atom. The average molecular weight is 540 g/mol. The molecule has 0 heterocycles. The number of benzene rings is 1. The number of likely N-dealkylation sites (N-methyl/N-ethyl adjacent to an activating group) is 1. The van der Waals surface area contributed by atoms with Crippen molar-refractivity contribution in [3.05, 3.63) is 30.3 Å². The summed E-state index contributed by atoms with van der Waals surface area (Å²) in [7, 11) is 4.03. The zero-order chi connectivity index (χ0) is 26.3. The molecule has 2 N–H and O–H groups in total. The van der Waals surface area contributed by atoms with E-state index >= 15 is 0 Å². The fraction of sp³-hybridized carbons (Fsp3) is 0.733. The summed E-state index contributed by atoms with van der Waals surface area (Å²) < 4.78 is 5.99. The van der Waals surface area contributed by atoms with Crippen LogP contribution < -0.4 is 27.8 Å². The van der Waals surface area contributed by atoms with Crippen molar-refractivity contribution in [2.24, 2.45) is 0 Å². The van der Waals surface area contributed by atoms with Gasteiger partial charge in [-0.3, -0.25) is 9.59 Å². The normalized spacial score (nSPS) is 11.0. The molecule has 0 radical (unpaired) electrons. The van der Waals surface area contributed by atoms with E-state index < -0.39 is 0 Å². The van der Waals surface area contributed by atoms with E-state index in [0.29, 0.717) is 29.9 Å². The van der Waals surface area contributed by atoms with Crippen molar-refractivity contribution in [2.75, 3.05) is 46.9 Å². The predicted octanol–water partition coefficient (Wildman–Crippen LogP) is 2.86. The minimum absolute atomic E-state index is 0. The van der Waals surface area contributed by atoms with Crippen LogP contribution in [0.25, 0.3) is 0 Å². The van der Waals surface area contributed by atoms with Gasteiger partial charge in [-0.15, -0.1) is 0 Å². The third kappa shape index (κ3) is 22.0. The maximum Gasteiger partial charge on any atom is 0.275 e. The maximum atomic E-state index is 12.3. The number of ether oxygens (including phenoxy) is 1. The molecule has 0 aliphatic carbocycles. The molecule has 1 aromatic carbocycles.